The number of aromatic nitrogens is 2. The zero-order valence-electron chi connectivity index (χ0n) is 9.77. The molecule has 1 aromatic carbocycles. The molecule has 0 atom stereocenters. The van der Waals surface area contributed by atoms with Gasteiger partial charge in [0.1, 0.15) is 0 Å². The Kier molecular flexibility index (Phi) is 3.14. The number of benzene rings is 1. The Balaban J connectivity index is 2.24. The molecule has 2 rings (SSSR count). The van der Waals surface area contributed by atoms with E-state index in [2.05, 4.69) is 15.3 Å². The first-order valence-corrected chi connectivity index (χ1v) is 5.33. The maximum atomic E-state index is 11.2. The SMILES string of the molecule is CC(=O)c1cnc(Nc2ccccc2)nc1C. The molecule has 0 aliphatic rings. The van der Waals surface area contributed by atoms with E-state index in [0.717, 1.165) is 5.69 Å². The number of aryl methyl sites for hydroxylation is 1. The van der Waals surface area contributed by atoms with Crippen LogP contribution >= 0.6 is 0 Å². The molecule has 0 saturated carbocycles. The highest BCUT2D eigenvalue weighted by molar-refractivity contribution is 5.94. The molecule has 0 aliphatic heterocycles. The number of nitrogens with zero attached hydrogens (tertiary/aromatic N) is 2. The van der Waals surface area contributed by atoms with Gasteiger partial charge in [0.25, 0.3) is 0 Å². The van der Waals surface area contributed by atoms with Crippen molar-refractivity contribution in [3.05, 3.63) is 47.8 Å². The highest BCUT2D eigenvalue weighted by Gasteiger charge is 2.07. The third-order valence-electron chi connectivity index (χ3n) is 2.39. The molecule has 0 radical (unpaired) electrons. The van der Waals surface area contributed by atoms with Crippen molar-refractivity contribution in [2.45, 2.75) is 13.8 Å². The molecule has 0 amide bonds. The quantitative estimate of drug-likeness (QED) is 0.819. The van der Waals surface area contributed by atoms with E-state index in [-0.39, 0.29) is 5.78 Å². The Morgan fingerprint density at radius 2 is 1.94 bits per heavy atom. The summed E-state index contributed by atoms with van der Waals surface area (Å²) in [6.45, 7) is 3.31. The van der Waals surface area contributed by atoms with Crippen LogP contribution in [0.1, 0.15) is 23.0 Å². The van der Waals surface area contributed by atoms with Crippen LogP contribution in [0.2, 0.25) is 0 Å². The van der Waals surface area contributed by atoms with Crippen LogP contribution in [0.5, 0.6) is 0 Å². The van der Waals surface area contributed by atoms with Crippen molar-refractivity contribution in [3.8, 4) is 0 Å². The van der Waals surface area contributed by atoms with Crippen LogP contribution in [0, 0.1) is 6.92 Å². The molecule has 0 bridgehead atoms. The summed E-state index contributed by atoms with van der Waals surface area (Å²) in [6, 6.07) is 9.66. The third-order valence-corrected chi connectivity index (χ3v) is 2.39. The smallest absolute Gasteiger partial charge is 0.227 e. The van der Waals surface area contributed by atoms with Crippen molar-refractivity contribution in [3.63, 3.8) is 0 Å². The number of rotatable bonds is 3. The van der Waals surface area contributed by atoms with Crippen LogP contribution < -0.4 is 5.32 Å². The van der Waals surface area contributed by atoms with Crippen molar-refractivity contribution in [1.82, 2.24) is 9.97 Å². The predicted octanol–water partition coefficient (Wildman–Crippen LogP) is 2.73. The Labute approximate surface area is 99.7 Å². The summed E-state index contributed by atoms with van der Waals surface area (Å²) in [6.07, 6.45) is 1.55. The third kappa shape index (κ3) is 2.66. The van der Waals surface area contributed by atoms with Gasteiger partial charge in [-0.2, -0.15) is 0 Å². The van der Waals surface area contributed by atoms with Crippen molar-refractivity contribution in [2.24, 2.45) is 0 Å². The van der Waals surface area contributed by atoms with Gasteiger partial charge in [-0.15, -0.1) is 0 Å². The lowest BCUT2D eigenvalue weighted by Gasteiger charge is -2.06. The minimum atomic E-state index is -0.0197. The second kappa shape index (κ2) is 4.74. The lowest BCUT2D eigenvalue weighted by atomic mass is 10.2. The van der Waals surface area contributed by atoms with E-state index in [9.17, 15) is 4.79 Å². The topological polar surface area (TPSA) is 54.9 Å². The summed E-state index contributed by atoms with van der Waals surface area (Å²) < 4.78 is 0. The second-order valence-corrected chi connectivity index (χ2v) is 3.74. The Morgan fingerprint density at radius 3 is 2.53 bits per heavy atom. The van der Waals surface area contributed by atoms with Gasteiger partial charge in [-0.1, -0.05) is 18.2 Å². The second-order valence-electron chi connectivity index (χ2n) is 3.74. The van der Waals surface area contributed by atoms with E-state index in [1.807, 2.05) is 30.3 Å². The number of anilines is 2. The first kappa shape index (κ1) is 11.3. The van der Waals surface area contributed by atoms with Gasteiger partial charge in [-0.3, -0.25) is 4.79 Å². The van der Waals surface area contributed by atoms with E-state index in [4.69, 9.17) is 0 Å². The molecule has 1 aromatic heterocycles. The van der Waals surface area contributed by atoms with Gasteiger partial charge in [-0.25, -0.2) is 9.97 Å². The number of para-hydroxylation sites is 1. The van der Waals surface area contributed by atoms with E-state index < -0.39 is 0 Å². The maximum Gasteiger partial charge on any atom is 0.227 e. The van der Waals surface area contributed by atoms with Crippen LogP contribution in [0.25, 0.3) is 0 Å². The first-order valence-electron chi connectivity index (χ1n) is 5.33. The zero-order chi connectivity index (χ0) is 12.3. The molecule has 2 aromatic rings. The highest BCUT2D eigenvalue weighted by Crippen LogP contribution is 2.13. The van der Waals surface area contributed by atoms with Crippen molar-refractivity contribution >= 4 is 17.4 Å². The molecule has 86 valence electrons. The average molecular weight is 227 g/mol. The fourth-order valence-corrected chi connectivity index (χ4v) is 1.52. The lowest BCUT2D eigenvalue weighted by molar-refractivity contribution is 0.101. The largest absolute Gasteiger partial charge is 0.324 e. The van der Waals surface area contributed by atoms with Gasteiger partial charge in [0, 0.05) is 11.9 Å². The van der Waals surface area contributed by atoms with Gasteiger partial charge < -0.3 is 5.32 Å². The predicted molar refractivity (Wildman–Crippen MR) is 66.5 cm³/mol. The van der Waals surface area contributed by atoms with Gasteiger partial charge in [0.15, 0.2) is 5.78 Å². The Morgan fingerprint density at radius 1 is 1.24 bits per heavy atom. The van der Waals surface area contributed by atoms with E-state index in [1.54, 1.807) is 13.1 Å². The fraction of sp³-hybridized carbons (Fsp3) is 0.154. The van der Waals surface area contributed by atoms with Gasteiger partial charge in [-0.05, 0) is 26.0 Å². The molecule has 0 fully saturated rings. The monoisotopic (exact) mass is 227 g/mol. The first-order chi connectivity index (χ1) is 8.16. The maximum absolute atomic E-state index is 11.2. The highest BCUT2D eigenvalue weighted by atomic mass is 16.1. The molecule has 4 nitrogen and oxygen atoms in total. The van der Waals surface area contributed by atoms with Crippen molar-refractivity contribution in [1.29, 1.82) is 0 Å². The summed E-state index contributed by atoms with van der Waals surface area (Å²) in [7, 11) is 0. The molecular formula is C13H13N3O. The average Bonchev–Trinajstić information content (AvgIpc) is 2.30. The molecule has 0 spiro atoms. The molecule has 0 saturated heterocycles. The normalized spacial score (nSPS) is 10.0. The minimum Gasteiger partial charge on any atom is -0.324 e. The number of Topliss-reactive ketones (excluding diaryl/α,β-unsaturated/α-hetero) is 1. The number of nitrogens with one attached hydrogen (secondary N) is 1. The van der Waals surface area contributed by atoms with Crippen molar-refractivity contribution in [2.75, 3.05) is 5.32 Å². The summed E-state index contributed by atoms with van der Waals surface area (Å²) in [5.74, 6) is 0.479. The van der Waals surface area contributed by atoms with Gasteiger partial charge in [0.2, 0.25) is 5.95 Å². The summed E-state index contributed by atoms with van der Waals surface area (Å²) in [5.41, 5.74) is 2.16. The minimum absolute atomic E-state index is 0.0197. The molecule has 0 aliphatic carbocycles. The van der Waals surface area contributed by atoms with Crippen LogP contribution in [-0.4, -0.2) is 15.8 Å². The van der Waals surface area contributed by atoms with E-state index in [1.165, 1.54) is 6.92 Å². The molecular weight excluding hydrogens is 214 g/mol. The van der Waals surface area contributed by atoms with Crippen LogP contribution in [0.15, 0.2) is 36.5 Å². The molecule has 0 unspecified atom stereocenters. The zero-order valence-corrected chi connectivity index (χ0v) is 9.77. The number of carbonyl (C=O) groups is 1. The van der Waals surface area contributed by atoms with Gasteiger partial charge >= 0.3 is 0 Å². The Hall–Kier alpha value is -2.23. The van der Waals surface area contributed by atoms with Crippen LogP contribution in [0.4, 0.5) is 11.6 Å². The molecule has 4 heteroatoms. The Bertz CT molecular complexity index is 538. The fourth-order valence-electron chi connectivity index (χ4n) is 1.52. The number of hydrogen-bond donors (Lipinski definition) is 1. The molecule has 1 N–H and O–H groups in total. The summed E-state index contributed by atoms with van der Waals surface area (Å²) in [4.78, 5) is 19.6. The number of ketones is 1. The lowest BCUT2D eigenvalue weighted by Crippen LogP contribution is -2.04. The summed E-state index contributed by atoms with van der Waals surface area (Å²) in [5, 5.41) is 3.08. The van der Waals surface area contributed by atoms with E-state index >= 15 is 0 Å². The standard InChI is InChI=1S/C13H13N3O/c1-9-12(10(2)17)8-14-13(15-9)16-11-6-4-3-5-7-11/h3-8H,1-2H3,(H,14,15,16). The van der Waals surface area contributed by atoms with Crippen LogP contribution in [0.3, 0.4) is 0 Å². The van der Waals surface area contributed by atoms with Crippen LogP contribution in [-0.2, 0) is 0 Å². The van der Waals surface area contributed by atoms with Crippen molar-refractivity contribution < 1.29 is 4.79 Å². The van der Waals surface area contributed by atoms with Gasteiger partial charge in [0.05, 0.1) is 11.3 Å². The summed E-state index contributed by atoms with van der Waals surface area (Å²) >= 11 is 0. The number of hydrogen-bond acceptors (Lipinski definition) is 4. The number of carbonyl (C=O) groups excluding carboxylic acids is 1. The molecule has 17 heavy (non-hydrogen) atoms. The van der Waals surface area contributed by atoms with E-state index in [0.29, 0.717) is 17.2 Å². The molecule has 1 heterocycles.